The lowest BCUT2D eigenvalue weighted by atomic mass is 10.2. The number of nitrogens with zero attached hydrogens (tertiary/aromatic N) is 1. The first-order valence-corrected chi connectivity index (χ1v) is 9.16. The van der Waals surface area contributed by atoms with Crippen LogP contribution < -0.4 is 5.32 Å². The number of aliphatic hydroxyl groups is 1. The molecule has 1 aromatic carbocycles. The maximum Gasteiger partial charge on any atom is 0.246 e. The number of carbonyl (C=O) groups is 1. The molecule has 1 aromatic rings. The molecular formula is C15H22N2O5S. The van der Waals surface area contributed by atoms with Crippen molar-refractivity contribution in [3.05, 3.63) is 29.8 Å². The minimum absolute atomic E-state index is 0.0316. The lowest BCUT2D eigenvalue weighted by Crippen LogP contribution is -2.44. The molecule has 8 heteroatoms. The summed E-state index contributed by atoms with van der Waals surface area (Å²) in [7, 11) is -1.75. The number of β-amino-alcohol motifs (C(OH)–C–C–N with tert-alkyl or cyclic N) is 1. The van der Waals surface area contributed by atoms with Crippen molar-refractivity contribution >= 4 is 15.7 Å². The van der Waals surface area contributed by atoms with Crippen LogP contribution in [0.25, 0.3) is 0 Å². The smallest absolute Gasteiger partial charge is 0.246 e. The first-order valence-electron chi connectivity index (χ1n) is 7.27. The van der Waals surface area contributed by atoms with E-state index in [-0.39, 0.29) is 23.5 Å². The molecule has 1 fully saturated rings. The Balaban J connectivity index is 1.93. The van der Waals surface area contributed by atoms with E-state index >= 15 is 0 Å². The van der Waals surface area contributed by atoms with Gasteiger partial charge >= 0.3 is 0 Å². The van der Waals surface area contributed by atoms with E-state index < -0.39 is 15.9 Å². The first kappa shape index (κ1) is 17.9. The summed E-state index contributed by atoms with van der Waals surface area (Å²) in [6.07, 6.45) is 0.540. The van der Waals surface area contributed by atoms with E-state index in [4.69, 9.17) is 4.74 Å². The molecule has 0 saturated carbocycles. The van der Waals surface area contributed by atoms with Crippen molar-refractivity contribution in [1.82, 2.24) is 10.2 Å². The van der Waals surface area contributed by atoms with Gasteiger partial charge in [-0.3, -0.25) is 9.69 Å². The molecule has 1 amide bonds. The second-order valence-electron chi connectivity index (χ2n) is 5.78. The minimum Gasteiger partial charge on any atom is -0.390 e. The number of hydrogen-bond donors (Lipinski definition) is 2. The molecule has 0 bridgehead atoms. The van der Waals surface area contributed by atoms with Gasteiger partial charge in [-0.2, -0.15) is 0 Å². The van der Waals surface area contributed by atoms with Crippen LogP contribution in [0.4, 0.5) is 0 Å². The average Bonchev–Trinajstić information content (AvgIpc) is 2.78. The lowest BCUT2D eigenvalue weighted by molar-refractivity contribution is -0.125. The van der Waals surface area contributed by atoms with Gasteiger partial charge in [0.2, 0.25) is 5.91 Å². The lowest BCUT2D eigenvalue weighted by Gasteiger charge is -2.16. The molecule has 128 valence electrons. The van der Waals surface area contributed by atoms with Gasteiger partial charge in [0.1, 0.15) is 6.61 Å². The summed E-state index contributed by atoms with van der Waals surface area (Å²) in [5.74, 6) is -0.254. The van der Waals surface area contributed by atoms with Crippen LogP contribution in [0.2, 0.25) is 0 Å². The van der Waals surface area contributed by atoms with Gasteiger partial charge in [-0.1, -0.05) is 12.1 Å². The Morgan fingerprint density at radius 1 is 1.35 bits per heavy atom. The monoisotopic (exact) mass is 342 g/mol. The third-order valence-corrected chi connectivity index (χ3v) is 4.87. The van der Waals surface area contributed by atoms with Crippen LogP contribution in [-0.2, 0) is 25.9 Å². The maximum atomic E-state index is 11.5. The van der Waals surface area contributed by atoms with Crippen LogP contribution in [0.15, 0.2) is 29.2 Å². The van der Waals surface area contributed by atoms with Crippen LogP contribution in [-0.4, -0.2) is 69.5 Å². The summed E-state index contributed by atoms with van der Waals surface area (Å²) in [5.41, 5.74) is 0.952. The SMILES string of the molecule is COCC(=O)N[C@@H]1CN(Cc2ccc(S(C)(=O)=O)cc2)C[C@H]1O. The molecule has 1 aliphatic rings. The van der Waals surface area contributed by atoms with Gasteiger partial charge in [-0.05, 0) is 17.7 Å². The molecule has 1 heterocycles. The second kappa shape index (κ2) is 7.39. The summed E-state index contributed by atoms with van der Waals surface area (Å²) in [5, 5.41) is 12.8. The van der Waals surface area contributed by atoms with Crippen molar-refractivity contribution in [3.8, 4) is 0 Å². The van der Waals surface area contributed by atoms with Crippen LogP contribution in [0.3, 0.4) is 0 Å². The zero-order valence-corrected chi connectivity index (χ0v) is 14.0. The Kier molecular flexibility index (Phi) is 5.74. The molecule has 23 heavy (non-hydrogen) atoms. The predicted molar refractivity (Wildman–Crippen MR) is 84.6 cm³/mol. The van der Waals surface area contributed by atoms with Crippen LogP contribution >= 0.6 is 0 Å². The van der Waals surface area contributed by atoms with Crippen molar-refractivity contribution in [1.29, 1.82) is 0 Å². The van der Waals surface area contributed by atoms with Gasteiger partial charge in [0, 0.05) is 33.0 Å². The standard InChI is InChI=1S/C15H22N2O5S/c1-22-10-15(19)16-13-8-17(9-14(13)18)7-11-3-5-12(6-4-11)23(2,20)21/h3-6,13-14,18H,7-10H2,1-2H3,(H,16,19)/t13-,14-/m1/s1. The Bertz CT molecular complexity index is 644. The summed E-state index contributed by atoms with van der Waals surface area (Å²) < 4.78 is 27.6. The Hall–Kier alpha value is -1.48. The molecule has 2 rings (SSSR count). The van der Waals surface area contributed by atoms with Crippen molar-refractivity contribution in [2.75, 3.05) is 33.1 Å². The van der Waals surface area contributed by atoms with Gasteiger partial charge in [0.15, 0.2) is 9.84 Å². The van der Waals surface area contributed by atoms with E-state index in [1.807, 2.05) is 4.90 Å². The quantitative estimate of drug-likeness (QED) is 0.717. The second-order valence-corrected chi connectivity index (χ2v) is 7.80. The largest absolute Gasteiger partial charge is 0.390 e. The van der Waals surface area contributed by atoms with Crippen molar-refractivity contribution in [2.45, 2.75) is 23.6 Å². The zero-order chi connectivity index (χ0) is 17.0. The highest BCUT2D eigenvalue weighted by Gasteiger charge is 2.32. The topological polar surface area (TPSA) is 95.9 Å². The average molecular weight is 342 g/mol. The van der Waals surface area contributed by atoms with Gasteiger partial charge in [0.05, 0.1) is 17.0 Å². The van der Waals surface area contributed by atoms with Gasteiger partial charge in [-0.15, -0.1) is 0 Å². The fraction of sp³-hybridized carbons (Fsp3) is 0.533. The molecule has 7 nitrogen and oxygen atoms in total. The fourth-order valence-electron chi connectivity index (χ4n) is 2.62. The van der Waals surface area contributed by atoms with E-state index in [1.54, 1.807) is 24.3 Å². The van der Waals surface area contributed by atoms with Crippen LogP contribution in [0, 0.1) is 0 Å². The number of hydrogen-bond acceptors (Lipinski definition) is 6. The van der Waals surface area contributed by atoms with Crippen molar-refractivity contribution in [3.63, 3.8) is 0 Å². The van der Waals surface area contributed by atoms with E-state index in [0.29, 0.717) is 19.6 Å². The first-order chi connectivity index (χ1) is 10.8. The summed E-state index contributed by atoms with van der Waals surface area (Å²) in [4.78, 5) is 13.8. The Morgan fingerprint density at radius 2 is 2.00 bits per heavy atom. The molecule has 1 saturated heterocycles. The molecule has 2 N–H and O–H groups in total. The minimum atomic E-state index is -3.20. The molecule has 2 atom stereocenters. The third-order valence-electron chi connectivity index (χ3n) is 3.74. The predicted octanol–water partition coefficient (Wildman–Crippen LogP) is -0.602. The number of ether oxygens (including phenoxy) is 1. The van der Waals surface area contributed by atoms with E-state index in [2.05, 4.69) is 5.32 Å². The number of likely N-dealkylation sites (tertiary alicyclic amines) is 1. The summed E-state index contributed by atoms with van der Waals surface area (Å²) in [6, 6.07) is 6.36. The number of sulfone groups is 1. The summed E-state index contributed by atoms with van der Waals surface area (Å²) >= 11 is 0. The van der Waals surface area contributed by atoms with E-state index in [1.165, 1.54) is 13.4 Å². The van der Waals surface area contributed by atoms with Gasteiger partial charge in [-0.25, -0.2) is 8.42 Å². The third kappa shape index (κ3) is 5.00. The molecule has 1 aliphatic heterocycles. The molecule has 0 aliphatic carbocycles. The molecular weight excluding hydrogens is 320 g/mol. The number of aliphatic hydroxyl groups excluding tert-OH is 1. The number of methoxy groups -OCH3 is 1. The fourth-order valence-corrected chi connectivity index (χ4v) is 3.25. The molecule has 0 spiro atoms. The van der Waals surface area contributed by atoms with E-state index in [9.17, 15) is 18.3 Å². The van der Waals surface area contributed by atoms with Crippen LogP contribution in [0.1, 0.15) is 5.56 Å². The van der Waals surface area contributed by atoms with Gasteiger partial charge in [0.25, 0.3) is 0 Å². The number of benzene rings is 1. The summed E-state index contributed by atoms with van der Waals surface area (Å²) in [6.45, 7) is 1.53. The zero-order valence-electron chi connectivity index (χ0n) is 13.2. The molecule has 0 unspecified atom stereocenters. The normalized spacial score (nSPS) is 22.2. The molecule has 0 aromatic heterocycles. The Labute approximate surface area is 136 Å². The number of carbonyl (C=O) groups excluding carboxylic acids is 1. The van der Waals surface area contributed by atoms with Crippen LogP contribution in [0.5, 0.6) is 0 Å². The van der Waals surface area contributed by atoms with Crippen molar-refractivity contribution in [2.24, 2.45) is 0 Å². The molecule has 0 radical (unpaired) electrons. The highest BCUT2D eigenvalue weighted by molar-refractivity contribution is 7.90. The van der Waals surface area contributed by atoms with E-state index in [0.717, 1.165) is 5.56 Å². The maximum absolute atomic E-state index is 11.5. The Morgan fingerprint density at radius 3 is 2.57 bits per heavy atom. The number of amides is 1. The number of nitrogens with one attached hydrogen (secondary N) is 1. The highest BCUT2D eigenvalue weighted by Crippen LogP contribution is 2.16. The number of rotatable bonds is 6. The van der Waals surface area contributed by atoms with Gasteiger partial charge < -0.3 is 15.2 Å². The highest BCUT2D eigenvalue weighted by atomic mass is 32.2. The van der Waals surface area contributed by atoms with Crippen molar-refractivity contribution < 1.29 is 23.1 Å².